The van der Waals surface area contributed by atoms with E-state index in [1.807, 2.05) is 6.92 Å². The van der Waals surface area contributed by atoms with Crippen LogP contribution < -0.4 is 5.73 Å². The van der Waals surface area contributed by atoms with Gasteiger partial charge in [-0.1, -0.05) is 31.0 Å². The maximum absolute atomic E-state index is 9.81. The molecule has 78 valence electrons. The summed E-state index contributed by atoms with van der Waals surface area (Å²) in [4.78, 5) is 0. The largest absolute Gasteiger partial charge is 0.507 e. The Morgan fingerprint density at radius 1 is 1.50 bits per heavy atom. The quantitative estimate of drug-likeness (QED) is 0.810. The highest BCUT2D eigenvalue weighted by Crippen LogP contribution is 2.34. The van der Waals surface area contributed by atoms with Gasteiger partial charge in [-0.25, -0.2) is 0 Å². The first kappa shape index (κ1) is 11.3. The molecule has 1 atom stereocenters. The molecule has 1 aromatic carbocycles. The molecular weight excluding hydrogens is 198 g/mol. The van der Waals surface area contributed by atoms with Gasteiger partial charge < -0.3 is 10.8 Å². The van der Waals surface area contributed by atoms with Gasteiger partial charge in [-0.05, 0) is 25.0 Å². The lowest BCUT2D eigenvalue weighted by Crippen LogP contribution is -2.11. The SMILES string of the molecule is CCC[C@@H](N)c1c(Cl)ccc(C)c1O. The van der Waals surface area contributed by atoms with E-state index in [9.17, 15) is 5.11 Å². The molecule has 0 aromatic heterocycles. The average Bonchev–Trinajstić information content (AvgIpc) is 2.13. The minimum atomic E-state index is -0.174. The second-order valence-corrected chi connectivity index (χ2v) is 3.93. The highest BCUT2D eigenvalue weighted by molar-refractivity contribution is 6.31. The van der Waals surface area contributed by atoms with Gasteiger partial charge in [-0.2, -0.15) is 0 Å². The van der Waals surface area contributed by atoms with Gasteiger partial charge in [-0.15, -0.1) is 0 Å². The lowest BCUT2D eigenvalue weighted by Gasteiger charge is -2.15. The van der Waals surface area contributed by atoms with Crippen LogP contribution in [0.5, 0.6) is 5.75 Å². The topological polar surface area (TPSA) is 46.2 Å². The molecule has 0 amide bonds. The molecule has 0 fully saturated rings. The van der Waals surface area contributed by atoms with E-state index in [4.69, 9.17) is 17.3 Å². The Hall–Kier alpha value is -0.730. The van der Waals surface area contributed by atoms with Crippen LogP contribution in [0.1, 0.15) is 36.9 Å². The first-order chi connectivity index (χ1) is 6.57. The van der Waals surface area contributed by atoms with Crippen molar-refractivity contribution in [2.45, 2.75) is 32.7 Å². The molecule has 3 N–H and O–H groups in total. The summed E-state index contributed by atoms with van der Waals surface area (Å²) >= 11 is 5.99. The first-order valence-corrected chi connectivity index (χ1v) is 5.19. The van der Waals surface area contributed by atoms with Crippen molar-refractivity contribution in [3.05, 3.63) is 28.3 Å². The summed E-state index contributed by atoms with van der Waals surface area (Å²) < 4.78 is 0. The molecule has 0 saturated heterocycles. The standard InChI is InChI=1S/C11H16ClNO/c1-3-4-9(13)10-8(12)6-5-7(2)11(10)14/h5-6,9,14H,3-4,13H2,1-2H3/t9-/m1/s1. The molecule has 0 heterocycles. The van der Waals surface area contributed by atoms with Crippen LogP contribution in [-0.2, 0) is 0 Å². The Labute approximate surface area is 89.7 Å². The molecule has 0 saturated carbocycles. The van der Waals surface area contributed by atoms with Gasteiger partial charge in [0.2, 0.25) is 0 Å². The number of aromatic hydroxyl groups is 1. The smallest absolute Gasteiger partial charge is 0.124 e. The summed E-state index contributed by atoms with van der Waals surface area (Å²) in [6.07, 6.45) is 1.81. The van der Waals surface area contributed by atoms with E-state index in [1.165, 1.54) is 0 Å². The highest BCUT2D eigenvalue weighted by atomic mass is 35.5. The number of benzene rings is 1. The predicted octanol–water partition coefficient (Wildman–Crippen LogP) is 3.15. The summed E-state index contributed by atoms with van der Waals surface area (Å²) in [5.41, 5.74) is 7.42. The third-order valence-corrected chi connectivity index (χ3v) is 2.67. The van der Waals surface area contributed by atoms with E-state index in [-0.39, 0.29) is 11.8 Å². The Morgan fingerprint density at radius 2 is 2.14 bits per heavy atom. The van der Waals surface area contributed by atoms with Crippen LogP contribution in [0.25, 0.3) is 0 Å². The third-order valence-electron chi connectivity index (χ3n) is 2.34. The fourth-order valence-corrected chi connectivity index (χ4v) is 1.79. The maximum atomic E-state index is 9.81. The van der Waals surface area contributed by atoms with Gasteiger partial charge in [0.05, 0.1) is 0 Å². The Bertz CT molecular complexity index is 325. The van der Waals surface area contributed by atoms with E-state index >= 15 is 0 Å². The van der Waals surface area contributed by atoms with Crippen molar-refractivity contribution in [3.63, 3.8) is 0 Å². The van der Waals surface area contributed by atoms with Gasteiger partial charge in [0.25, 0.3) is 0 Å². The number of hydrogen-bond acceptors (Lipinski definition) is 2. The average molecular weight is 214 g/mol. The van der Waals surface area contributed by atoms with Crippen molar-refractivity contribution in [3.8, 4) is 5.75 Å². The van der Waals surface area contributed by atoms with Gasteiger partial charge in [0.1, 0.15) is 5.75 Å². The summed E-state index contributed by atoms with van der Waals surface area (Å²) in [6.45, 7) is 3.90. The van der Waals surface area contributed by atoms with E-state index in [0.717, 1.165) is 18.4 Å². The zero-order valence-electron chi connectivity index (χ0n) is 8.55. The van der Waals surface area contributed by atoms with Crippen LogP contribution in [0.4, 0.5) is 0 Å². The zero-order valence-corrected chi connectivity index (χ0v) is 9.30. The molecule has 0 radical (unpaired) electrons. The zero-order chi connectivity index (χ0) is 10.7. The molecule has 0 aliphatic rings. The van der Waals surface area contributed by atoms with Gasteiger partial charge >= 0.3 is 0 Å². The maximum Gasteiger partial charge on any atom is 0.124 e. The summed E-state index contributed by atoms with van der Waals surface area (Å²) in [7, 11) is 0. The molecule has 2 nitrogen and oxygen atoms in total. The summed E-state index contributed by atoms with van der Waals surface area (Å²) in [5, 5.41) is 10.4. The van der Waals surface area contributed by atoms with Crippen molar-refractivity contribution in [2.75, 3.05) is 0 Å². The number of nitrogens with two attached hydrogens (primary N) is 1. The van der Waals surface area contributed by atoms with Crippen LogP contribution in [0, 0.1) is 6.92 Å². The molecular formula is C11H16ClNO. The van der Waals surface area contributed by atoms with Crippen molar-refractivity contribution in [1.82, 2.24) is 0 Å². The number of rotatable bonds is 3. The monoisotopic (exact) mass is 213 g/mol. The minimum Gasteiger partial charge on any atom is -0.507 e. The number of phenolic OH excluding ortho intramolecular Hbond substituents is 1. The molecule has 0 unspecified atom stereocenters. The molecule has 14 heavy (non-hydrogen) atoms. The number of halogens is 1. The first-order valence-electron chi connectivity index (χ1n) is 4.81. The molecule has 0 aliphatic carbocycles. The van der Waals surface area contributed by atoms with E-state index in [1.54, 1.807) is 12.1 Å². The fourth-order valence-electron chi connectivity index (χ4n) is 1.50. The van der Waals surface area contributed by atoms with Gasteiger partial charge in [0, 0.05) is 16.6 Å². The van der Waals surface area contributed by atoms with Gasteiger partial charge in [0.15, 0.2) is 0 Å². The Morgan fingerprint density at radius 3 is 2.71 bits per heavy atom. The van der Waals surface area contributed by atoms with Crippen LogP contribution in [0.2, 0.25) is 5.02 Å². The van der Waals surface area contributed by atoms with Gasteiger partial charge in [-0.3, -0.25) is 0 Å². The molecule has 0 spiro atoms. The summed E-state index contributed by atoms with van der Waals surface area (Å²) in [6, 6.07) is 3.40. The lowest BCUT2D eigenvalue weighted by molar-refractivity contribution is 0.454. The van der Waals surface area contributed by atoms with Crippen molar-refractivity contribution < 1.29 is 5.11 Å². The van der Waals surface area contributed by atoms with Crippen molar-refractivity contribution in [1.29, 1.82) is 0 Å². The van der Waals surface area contributed by atoms with Crippen LogP contribution in [-0.4, -0.2) is 5.11 Å². The molecule has 1 aromatic rings. The van der Waals surface area contributed by atoms with Crippen LogP contribution in [0.3, 0.4) is 0 Å². The van der Waals surface area contributed by atoms with E-state index in [2.05, 4.69) is 6.92 Å². The molecule has 3 heteroatoms. The number of hydrogen-bond donors (Lipinski definition) is 2. The summed E-state index contributed by atoms with van der Waals surface area (Å²) in [5.74, 6) is 0.235. The van der Waals surface area contributed by atoms with Crippen molar-refractivity contribution in [2.24, 2.45) is 5.73 Å². The molecule has 0 bridgehead atoms. The normalized spacial score (nSPS) is 12.9. The Balaban J connectivity index is 3.11. The second-order valence-electron chi connectivity index (χ2n) is 3.52. The Kier molecular flexibility index (Phi) is 3.78. The fraction of sp³-hybridized carbons (Fsp3) is 0.455. The van der Waals surface area contributed by atoms with Crippen LogP contribution in [0.15, 0.2) is 12.1 Å². The second kappa shape index (κ2) is 4.67. The predicted molar refractivity (Wildman–Crippen MR) is 59.7 cm³/mol. The highest BCUT2D eigenvalue weighted by Gasteiger charge is 2.15. The van der Waals surface area contributed by atoms with Crippen LogP contribution >= 0.6 is 11.6 Å². The number of aryl methyl sites for hydroxylation is 1. The van der Waals surface area contributed by atoms with E-state index in [0.29, 0.717) is 10.6 Å². The number of phenols is 1. The van der Waals surface area contributed by atoms with Crippen molar-refractivity contribution >= 4 is 11.6 Å². The minimum absolute atomic E-state index is 0.174. The molecule has 1 rings (SSSR count). The lowest BCUT2D eigenvalue weighted by atomic mass is 10.00. The van der Waals surface area contributed by atoms with E-state index < -0.39 is 0 Å². The molecule has 0 aliphatic heterocycles. The third kappa shape index (κ3) is 2.20.